The van der Waals surface area contributed by atoms with Crippen molar-refractivity contribution in [2.75, 3.05) is 17.7 Å². The molecule has 0 aliphatic heterocycles. The molecule has 15 heavy (non-hydrogen) atoms. The summed E-state index contributed by atoms with van der Waals surface area (Å²) < 4.78 is 0. The molecule has 1 aromatic rings. The second kappa shape index (κ2) is 6.27. The molecule has 1 atom stereocenters. The van der Waals surface area contributed by atoms with Gasteiger partial charge in [-0.2, -0.15) is 0 Å². The minimum atomic E-state index is 0.571. The molecular weight excluding hydrogens is 186 g/mol. The molecule has 1 aromatic heterocycles. The van der Waals surface area contributed by atoms with Gasteiger partial charge in [0.1, 0.15) is 5.82 Å². The lowest BCUT2D eigenvalue weighted by molar-refractivity contribution is 0.623. The molecule has 2 N–H and O–H groups in total. The zero-order valence-electron chi connectivity index (χ0n) is 9.88. The van der Waals surface area contributed by atoms with Crippen molar-refractivity contribution in [3.63, 3.8) is 0 Å². The highest BCUT2D eigenvalue weighted by atomic mass is 15.0. The van der Waals surface area contributed by atoms with Crippen LogP contribution in [0.2, 0.25) is 0 Å². The van der Waals surface area contributed by atoms with Gasteiger partial charge in [0.05, 0.1) is 0 Å². The van der Waals surface area contributed by atoms with Crippen molar-refractivity contribution in [3.8, 4) is 0 Å². The van der Waals surface area contributed by atoms with Crippen molar-refractivity contribution in [1.82, 2.24) is 4.98 Å². The van der Waals surface area contributed by atoms with E-state index in [-0.39, 0.29) is 0 Å². The molecular formula is C12H21N3. The normalized spacial score (nSPS) is 12.2. The first kappa shape index (κ1) is 11.8. The number of nitrogens with zero attached hydrogens (tertiary/aromatic N) is 1. The summed E-state index contributed by atoms with van der Waals surface area (Å²) in [6, 6.07) is 4.62. The van der Waals surface area contributed by atoms with Gasteiger partial charge in [-0.05, 0) is 18.9 Å². The Morgan fingerprint density at radius 1 is 1.40 bits per heavy atom. The first-order chi connectivity index (χ1) is 7.30. The van der Waals surface area contributed by atoms with Crippen LogP contribution in [0.3, 0.4) is 0 Å². The van der Waals surface area contributed by atoms with E-state index in [2.05, 4.69) is 29.5 Å². The van der Waals surface area contributed by atoms with E-state index in [1.807, 2.05) is 25.4 Å². The van der Waals surface area contributed by atoms with Gasteiger partial charge < -0.3 is 10.6 Å². The largest absolute Gasteiger partial charge is 0.382 e. The van der Waals surface area contributed by atoms with Crippen LogP contribution >= 0.6 is 0 Å². The van der Waals surface area contributed by atoms with Gasteiger partial charge in [-0.25, -0.2) is 4.98 Å². The summed E-state index contributed by atoms with van der Waals surface area (Å²) in [5, 5.41) is 6.56. The Kier molecular flexibility index (Phi) is 4.95. The van der Waals surface area contributed by atoms with Gasteiger partial charge in [-0.15, -0.1) is 0 Å². The highest BCUT2D eigenvalue weighted by Crippen LogP contribution is 2.15. The van der Waals surface area contributed by atoms with Crippen LogP contribution in [0, 0.1) is 0 Å². The maximum atomic E-state index is 4.19. The molecule has 0 aromatic carbocycles. The van der Waals surface area contributed by atoms with Crippen LogP contribution in [0.4, 0.5) is 11.5 Å². The highest BCUT2D eigenvalue weighted by molar-refractivity contribution is 5.52. The summed E-state index contributed by atoms with van der Waals surface area (Å²) in [7, 11) is 1.88. The maximum Gasteiger partial charge on any atom is 0.127 e. The fourth-order valence-electron chi connectivity index (χ4n) is 1.62. The lowest BCUT2D eigenvalue weighted by Crippen LogP contribution is -2.17. The summed E-state index contributed by atoms with van der Waals surface area (Å²) in [5.74, 6) is 0.909. The minimum absolute atomic E-state index is 0.571. The SMILES string of the molecule is CCCC(CC)Nc1ccnc(NC)c1. The van der Waals surface area contributed by atoms with Gasteiger partial charge >= 0.3 is 0 Å². The lowest BCUT2D eigenvalue weighted by Gasteiger charge is -2.17. The van der Waals surface area contributed by atoms with E-state index in [0.29, 0.717) is 6.04 Å². The Bertz CT molecular complexity index is 286. The van der Waals surface area contributed by atoms with E-state index in [1.54, 1.807) is 0 Å². The fraction of sp³-hybridized carbons (Fsp3) is 0.583. The van der Waals surface area contributed by atoms with E-state index < -0.39 is 0 Å². The quantitative estimate of drug-likeness (QED) is 0.752. The topological polar surface area (TPSA) is 37.0 Å². The van der Waals surface area contributed by atoms with Crippen molar-refractivity contribution in [2.45, 2.75) is 39.2 Å². The van der Waals surface area contributed by atoms with Crippen molar-refractivity contribution in [1.29, 1.82) is 0 Å². The predicted molar refractivity (Wildman–Crippen MR) is 66.4 cm³/mol. The van der Waals surface area contributed by atoms with Gasteiger partial charge in [0.15, 0.2) is 0 Å². The maximum absolute atomic E-state index is 4.19. The molecule has 1 heterocycles. The van der Waals surface area contributed by atoms with Gasteiger partial charge in [0.2, 0.25) is 0 Å². The molecule has 1 rings (SSSR count). The average Bonchev–Trinajstić information content (AvgIpc) is 2.29. The number of anilines is 2. The molecule has 0 aliphatic rings. The van der Waals surface area contributed by atoms with Crippen LogP contribution in [0.5, 0.6) is 0 Å². The van der Waals surface area contributed by atoms with Gasteiger partial charge in [0.25, 0.3) is 0 Å². The summed E-state index contributed by atoms with van der Waals surface area (Å²) in [6.45, 7) is 4.43. The number of rotatable bonds is 6. The summed E-state index contributed by atoms with van der Waals surface area (Å²) >= 11 is 0. The standard InChI is InChI=1S/C12H21N3/c1-4-6-10(5-2)15-11-7-8-14-12(9-11)13-3/h7-10H,4-6H2,1-3H3,(H2,13,14,15). The average molecular weight is 207 g/mol. The number of pyridine rings is 1. The molecule has 0 aliphatic carbocycles. The predicted octanol–water partition coefficient (Wildman–Crippen LogP) is 3.11. The number of hydrogen-bond acceptors (Lipinski definition) is 3. The van der Waals surface area contributed by atoms with E-state index in [1.165, 1.54) is 12.8 Å². The smallest absolute Gasteiger partial charge is 0.127 e. The molecule has 0 fully saturated rings. The van der Waals surface area contributed by atoms with E-state index in [4.69, 9.17) is 0 Å². The number of hydrogen-bond donors (Lipinski definition) is 2. The number of aromatic nitrogens is 1. The molecule has 0 amide bonds. The first-order valence-electron chi connectivity index (χ1n) is 5.70. The molecule has 84 valence electrons. The van der Waals surface area contributed by atoms with Crippen LogP contribution in [0.1, 0.15) is 33.1 Å². The second-order valence-electron chi connectivity index (χ2n) is 3.72. The van der Waals surface area contributed by atoms with Crippen LogP contribution in [-0.2, 0) is 0 Å². The Morgan fingerprint density at radius 3 is 2.80 bits per heavy atom. The first-order valence-corrected chi connectivity index (χ1v) is 5.70. The van der Waals surface area contributed by atoms with Gasteiger partial charge in [0, 0.05) is 31.0 Å². The third kappa shape index (κ3) is 3.78. The summed E-state index contributed by atoms with van der Waals surface area (Å²) in [6.07, 6.45) is 5.42. The molecule has 0 radical (unpaired) electrons. The highest BCUT2D eigenvalue weighted by Gasteiger charge is 2.04. The molecule has 0 bridgehead atoms. The Hall–Kier alpha value is -1.25. The third-order valence-corrected chi connectivity index (χ3v) is 2.52. The molecule has 3 heteroatoms. The monoisotopic (exact) mass is 207 g/mol. The Balaban J connectivity index is 2.61. The second-order valence-corrected chi connectivity index (χ2v) is 3.72. The van der Waals surface area contributed by atoms with E-state index in [0.717, 1.165) is 17.9 Å². The van der Waals surface area contributed by atoms with Crippen molar-refractivity contribution in [3.05, 3.63) is 18.3 Å². The van der Waals surface area contributed by atoms with Crippen molar-refractivity contribution >= 4 is 11.5 Å². The molecule has 3 nitrogen and oxygen atoms in total. The molecule has 0 saturated heterocycles. The zero-order chi connectivity index (χ0) is 11.1. The van der Waals surface area contributed by atoms with E-state index >= 15 is 0 Å². The summed E-state index contributed by atoms with van der Waals surface area (Å²) in [4.78, 5) is 4.19. The van der Waals surface area contributed by atoms with Gasteiger partial charge in [-0.3, -0.25) is 0 Å². The minimum Gasteiger partial charge on any atom is -0.382 e. The van der Waals surface area contributed by atoms with Crippen LogP contribution in [-0.4, -0.2) is 18.1 Å². The van der Waals surface area contributed by atoms with Crippen LogP contribution in [0.25, 0.3) is 0 Å². The zero-order valence-corrected chi connectivity index (χ0v) is 9.88. The third-order valence-electron chi connectivity index (χ3n) is 2.52. The molecule has 1 unspecified atom stereocenters. The van der Waals surface area contributed by atoms with Crippen molar-refractivity contribution in [2.24, 2.45) is 0 Å². The molecule has 0 saturated carbocycles. The summed E-state index contributed by atoms with van der Waals surface area (Å²) in [5.41, 5.74) is 1.15. The van der Waals surface area contributed by atoms with Crippen molar-refractivity contribution < 1.29 is 0 Å². The van der Waals surface area contributed by atoms with Gasteiger partial charge in [-0.1, -0.05) is 20.3 Å². The van der Waals surface area contributed by atoms with Crippen LogP contribution < -0.4 is 10.6 Å². The fourth-order valence-corrected chi connectivity index (χ4v) is 1.62. The lowest BCUT2D eigenvalue weighted by atomic mass is 10.1. The van der Waals surface area contributed by atoms with E-state index in [9.17, 15) is 0 Å². The Labute approximate surface area is 92.3 Å². The molecule has 0 spiro atoms. The Morgan fingerprint density at radius 2 is 2.20 bits per heavy atom. The number of nitrogens with one attached hydrogen (secondary N) is 2. The van der Waals surface area contributed by atoms with Crippen LogP contribution in [0.15, 0.2) is 18.3 Å².